The van der Waals surface area contributed by atoms with Gasteiger partial charge in [-0.15, -0.1) is 5.10 Å². The number of H-pyrrole nitrogens is 1. The number of hydrogen-bond acceptors (Lipinski definition) is 7. The Morgan fingerprint density at radius 2 is 1.80 bits per heavy atom. The quantitative estimate of drug-likeness (QED) is 0.241. The number of nitriles is 2. The molecule has 1 aliphatic heterocycles. The number of carbonyl (C=O) groups excluding carboxylic acids is 1. The van der Waals surface area contributed by atoms with Gasteiger partial charge in [0.1, 0.15) is 6.04 Å². The summed E-state index contributed by atoms with van der Waals surface area (Å²) < 4.78 is 48.9. The van der Waals surface area contributed by atoms with E-state index in [1.54, 1.807) is 42.7 Å². The van der Waals surface area contributed by atoms with Crippen molar-refractivity contribution in [1.82, 2.24) is 14.8 Å². The smallest absolute Gasteiger partial charge is 0.416 e. The molecule has 0 aliphatic carbocycles. The molecule has 4 aromatic rings. The highest BCUT2D eigenvalue weighted by Gasteiger charge is 2.41. The van der Waals surface area contributed by atoms with Gasteiger partial charge in [0, 0.05) is 29.9 Å². The Bertz CT molecular complexity index is 1900. The van der Waals surface area contributed by atoms with Gasteiger partial charge in [-0.3, -0.25) is 4.90 Å². The number of nitrogens with one attached hydrogen (secondary N) is 1. The van der Waals surface area contributed by atoms with Crippen molar-refractivity contribution in [3.8, 4) is 12.1 Å². The lowest BCUT2D eigenvalue weighted by atomic mass is 9.89. The molecule has 224 valence electrons. The lowest BCUT2D eigenvalue weighted by Crippen LogP contribution is -3.00. The molecule has 5 rings (SSSR count). The van der Waals surface area contributed by atoms with Crippen LogP contribution in [0.4, 0.5) is 24.8 Å². The number of aryl methyl sites for hydroxylation is 2. The number of carbonyl (C=O) groups is 1. The largest absolute Gasteiger partial charge is 1.00 e. The maximum absolute atomic E-state index is 13.6. The Morgan fingerprint density at radius 1 is 1.09 bits per heavy atom. The van der Waals surface area contributed by atoms with Crippen molar-refractivity contribution < 1.29 is 44.3 Å². The Morgan fingerprint density at radius 3 is 2.43 bits per heavy atom. The molecule has 0 radical (unpaired) electrons. The van der Waals surface area contributed by atoms with Crippen molar-refractivity contribution in [2.24, 2.45) is 0 Å². The molecule has 0 bridgehead atoms. The van der Waals surface area contributed by atoms with Crippen LogP contribution in [0.1, 0.15) is 40.8 Å². The van der Waals surface area contributed by atoms with Gasteiger partial charge in [-0.25, -0.2) is 23.8 Å². The summed E-state index contributed by atoms with van der Waals surface area (Å²) in [5.41, 5.74) is 0.609. The second kappa shape index (κ2) is 12.6. The van der Waals surface area contributed by atoms with Crippen molar-refractivity contribution in [3.05, 3.63) is 117 Å². The molecule has 0 unspecified atom stereocenters. The highest BCUT2D eigenvalue weighted by Crippen LogP contribution is 2.43. The highest BCUT2D eigenvalue weighted by molar-refractivity contribution is 5.93. The summed E-state index contributed by atoms with van der Waals surface area (Å²) in [6, 6.07) is 15.7. The molecule has 1 aliphatic rings. The third kappa shape index (κ3) is 5.85. The minimum atomic E-state index is -4.63. The van der Waals surface area contributed by atoms with Gasteiger partial charge in [0.15, 0.2) is 18.9 Å². The fourth-order valence-corrected chi connectivity index (χ4v) is 5.17. The third-order valence-electron chi connectivity index (χ3n) is 7.21. The molecule has 10 nitrogen and oxygen atoms in total. The zero-order chi connectivity index (χ0) is 30.9. The standard InChI is InChI=1S/C30H22F3N7O3.BrH/c1-18-25(27(41)43-2)26(24-7-6-20(17-35)14-21(24)10-13-38-11-8-19(16-34)9-12-38)40-28(36-37-29(40)42)39(18)23-5-3-4-22(15-23)30(31,32)33;/h3-9,11-12,14-15,26H,10,13H2,1-2H3;1H/t26-;/m1./s1. The molecule has 0 saturated heterocycles. The van der Waals surface area contributed by atoms with Crippen molar-refractivity contribution in [2.75, 3.05) is 12.0 Å². The number of nitrogens with zero attached hydrogens (tertiary/aromatic N) is 6. The third-order valence-corrected chi connectivity index (χ3v) is 7.21. The molecule has 1 N–H and O–H groups in total. The van der Waals surface area contributed by atoms with Crippen LogP contribution in [0.5, 0.6) is 0 Å². The second-order valence-corrected chi connectivity index (χ2v) is 9.69. The topological polar surface area (TPSA) is 132 Å². The van der Waals surface area contributed by atoms with Crippen molar-refractivity contribution >= 4 is 17.6 Å². The molecule has 0 spiro atoms. The number of aromatic nitrogens is 4. The van der Waals surface area contributed by atoms with Gasteiger partial charge in [-0.2, -0.15) is 23.7 Å². The maximum Gasteiger partial charge on any atom is 0.416 e. The summed E-state index contributed by atoms with van der Waals surface area (Å²) in [6.45, 7) is 1.97. The fraction of sp³-hybridized carbons (Fsp3) is 0.200. The van der Waals surface area contributed by atoms with Crippen LogP contribution in [-0.2, 0) is 28.7 Å². The Hall–Kier alpha value is -5.21. The minimum Gasteiger partial charge on any atom is -1.00 e. The molecule has 2 aromatic heterocycles. The average Bonchev–Trinajstić information content (AvgIpc) is 3.39. The lowest BCUT2D eigenvalue weighted by Gasteiger charge is -2.36. The van der Waals surface area contributed by atoms with Crippen LogP contribution < -0.4 is 32.1 Å². The molecular formula is C30H23BrF3N7O3. The van der Waals surface area contributed by atoms with Crippen LogP contribution in [0, 0.1) is 22.7 Å². The number of benzene rings is 2. The van der Waals surface area contributed by atoms with E-state index in [1.165, 1.54) is 35.6 Å². The average molecular weight is 666 g/mol. The predicted octanol–water partition coefficient (Wildman–Crippen LogP) is 1.06. The molecule has 2 aromatic carbocycles. The van der Waals surface area contributed by atoms with Gasteiger partial charge < -0.3 is 21.7 Å². The summed E-state index contributed by atoms with van der Waals surface area (Å²) in [7, 11) is 1.17. The maximum atomic E-state index is 13.6. The molecule has 44 heavy (non-hydrogen) atoms. The molecule has 0 saturated carbocycles. The molecule has 0 amide bonds. The van der Waals surface area contributed by atoms with E-state index in [9.17, 15) is 28.0 Å². The SMILES string of the molecule is COC(=O)C1=C(C)N(c2cccc(C(F)(F)F)c2)c2n[nH]c(=O)n2[C@@H]1c1ccc(C#N)cc1CC[n+]1ccc(C#N)cc1.[Br-]. The summed E-state index contributed by atoms with van der Waals surface area (Å²) in [5, 5.41) is 25.2. The first-order valence-corrected chi connectivity index (χ1v) is 12.9. The number of ether oxygens (including phenoxy) is 1. The van der Waals surface area contributed by atoms with Crippen LogP contribution in [0.25, 0.3) is 0 Å². The number of aromatic amines is 1. The summed E-state index contributed by atoms with van der Waals surface area (Å²) in [6.07, 6.45) is -0.789. The predicted molar refractivity (Wildman–Crippen MR) is 145 cm³/mol. The number of esters is 1. The zero-order valence-corrected chi connectivity index (χ0v) is 24.8. The van der Waals surface area contributed by atoms with Gasteiger partial charge in [0.25, 0.3) is 0 Å². The van der Waals surface area contributed by atoms with Crippen molar-refractivity contribution in [1.29, 1.82) is 10.5 Å². The Kier molecular flexibility index (Phi) is 9.06. The van der Waals surface area contributed by atoms with E-state index in [0.29, 0.717) is 35.2 Å². The van der Waals surface area contributed by atoms with E-state index >= 15 is 0 Å². The van der Waals surface area contributed by atoms with Crippen LogP contribution in [-0.4, -0.2) is 27.8 Å². The minimum absolute atomic E-state index is 0. The van der Waals surface area contributed by atoms with Crippen molar-refractivity contribution in [3.63, 3.8) is 0 Å². The van der Waals surface area contributed by atoms with Gasteiger partial charge in [-0.05, 0) is 48.4 Å². The van der Waals surface area contributed by atoms with Crippen LogP contribution in [0.2, 0.25) is 0 Å². The second-order valence-electron chi connectivity index (χ2n) is 9.69. The molecule has 0 fully saturated rings. The van der Waals surface area contributed by atoms with E-state index in [2.05, 4.69) is 22.3 Å². The van der Waals surface area contributed by atoms with Gasteiger partial charge in [-0.1, -0.05) is 12.1 Å². The number of fused-ring (bicyclic) bond motifs is 1. The fourth-order valence-electron chi connectivity index (χ4n) is 5.17. The number of hydrogen-bond donors (Lipinski definition) is 1. The number of halogens is 4. The van der Waals surface area contributed by atoms with E-state index in [0.717, 1.165) is 12.1 Å². The van der Waals surface area contributed by atoms with Crippen molar-refractivity contribution in [2.45, 2.75) is 32.1 Å². The van der Waals surface area contributed by atoms with E-state index < -0.39 is 29.4 Å². The van der Waals surface area contributed by atoms with E-state index in [1.807, 2.05) is 4.57 Å². The van der Waals surface area contributed by atoms with Crippen LogP contribution >= 0.6 is 0 Å². The first kappa shape index (κ1) is 31.7. The Balaban J connectivity index is 0.00000442. The summed E-state index contributed by atoms with van der Waals surface area (Å²) >= 11 is 0. The monoisotopic (exact) mass is 665 g/mol. The van der Waals surface area contributed by atoms with E-state index in [-0.39, 0.29) is 39.9 Å². The number of methoxy groups -OCH3 is 1. The summed E-state index contributed by atoms with van der Waals surface area (Å²) in [5.74, 6) is -0.828. The van der Waals surface area contributed by atoms with Crippen LogP contribution in [0.15, 0.2) is 83.1 Å². The first-order valence-electron chi connectivity index (χ1n) is 12.9. The van der Waals surface area contributed by atoms with Gasteiger partial charge in [0.2, 0.25) is 5.95 Å². The molecular weight excluding hydrogens is 643 g/mol. The van der Waals surface area contributed by atoms with Gasteiger partial charge in [0.05, 0.1) is 41.5 Å². The number of pyridine rings is 1. The molecule has 3 heterocycles. The molecule has 14 heteroatoms. The molecule has 1 atom stereocenters. The highest BCUT2D eigenvalue weighted by atomic mass is 79.9. The Labute approximate surface area is 259 Å². The number of rotatable bonds is 6. The number of alkyl halides is 3. The van der Waals surface area contributed by atoms with Crippen LogP contribution in [0.3, 0.4) is 0 Å². The first-order chi connectivity index (χ1) is 20.6. The number of anilines is 2. The lowest BCUT2D eigenvalue weighted by molar-refractivity contribution is -0.696. The van der Waals surface area contributed by atoms with Gasteiger partial charge >= 0.3 is 17.8 Å². The summed E-state index contributed by atoms with van der Waals surface area (Å²) in [4.78, 5) is 27.9. The van der Waals surface area contributed by atoms with E-state index in [4.69, 9.17) is 10.00 Å². The zero-order valence-electron chi connectivity index (χ0n) is 23.3. The number of allylic oxidation sites excluding steroid dienone is 1. The normalized spacial score (nSPS) is 14.2.